The molecule has 1 unspecified atom stereocenters. The average Bonchev–Trinajstić information content (AvgIpc) is 2.66. The lowest BCUT2D eigenvalue weighted by Gasteiger charge is -2.22. The average molecular weight is 350 g/mol. The van der Waals surface area contributed by atoms with E-state index < -0.39 is 0 Å². The first-order valence-corrected chi connectivity index (χ1v) is 8.22. The molecule has 114 valence electrons. The van der Waals surface area contributed by atoms with Crippen LogP contribution in [-0.2, 0) is 0 Å². The number of nitrogens with one attached hydrogen (secondary N) is 1. The van der Waals surface area contributed by atoms with Crippen LogP contribution in [0.3, 0.4) is 0 Å². The van der Waals surface area contributed by atoms with Gasteiger partial charge in [-0.05, 0) is 69.5 Å². The molecule has 1 aromatic heterocycles. The Bertz CT molecular complexity index is 658. The van der Waals surface area contributed by atoms with Crippen LogP contribution >= 0.6 is 15.9 Å². The third kappa shape index (κ3) is 3.09. The first kappa shape index (κ1) is 16.3. The van der Waals surface area contributed by atoms with Gasteiger partial charge in [0, 0.05) is 10.0 Å². The summed E-state index contributed by atoms with van der Waals surface area (Å²) >= 11 is 3.62. The van der Waals surface area contributed by atoms with Crippen LogP contribution in [-0.4, -0.2) is 6.54 Å². The lowest BCUT2D eigenvalue weighted by Crippen LogP contribution is -2.24. The second kappa shape index (κ2) is 6.37. The van der Waals surface area contributed by atoms with Gasteiger partial charge >= 0.3 is 0 Å². The van der Waals surface area contributed by atoms with Crippen LogP contribution < -0.4 is 5.32 Å². The molecule has 0 saturated carbocycles. The second-order valence-electron chi connectivity index (χ2n) is 5.70. The fraction of sp³-hybridized carbons (Fsp3) is 0.444. The molecule has 1 heterocycles. The predicted molar refractivity (Wildman–Crippen MR) is 92.1 cm³/mol. The molecule has 0 spiro atoms. The summed E-state index contributed by atoms with van der Waals surface area (Å²) in [7, 11) is 0. The number of hydrogen-bond acceptors (Lipinski definition) is 2. The van der Waals surface area contributed by atoms with Gasteiger partial charge in [-0.3, -0.25) is 0 Å². The van der Waals surface area contributed by atoms with Crippen LogP contribution in [0, 0.1) is 34.6 Å². The number of aryl methyl sites for hydroxylation is 4. The Morgan fingerprint density at radius 2 is 1.71 bits per heavy atom. The van der Waals surface area contributed by atoms with Crippen molar-refractivity contribution in [2.45, 2.75) is 47.6 Å². The molecule has 0 fully saturated rings. The number of benzene rings is 1. The molecule has 1 aromatic carbocycles. The maximum Gasteiger partial charge on any atom is 0.106 e. The van der Waals surface area contributed by atoms with Gasteiger partial charge in [0.05, 0.1) is 6.04 Å². The van der Waals surface area contributed by atoms with Gasteiger partial charge in [0.2, 0.25) is 0 Å². The molecule has 0 radical (unpaired) electrons. The maximum absolute atomic E-state index is 5.84. The Hall–Kier alpha value is -1.06. The molecule has 2 aromatic rings. The predicted octanol–water partition coefficient (Wildman–Crippen LogP) is 5.28. The van der Waals surface area contributed by atoms with Crippen LogP contribution in [0.1, 0.15) is 52.3 Å². The number of rotatable bonds is 4. The summed E-state index contributed by atoms with van der Waals surface area (Å²) in [5, 5.41) is 3.62. The summed E-state index contributed by atoms with van der Waals surface area (Å²) < 4.78 is 7.00. The molecule has 0 amide bonds. The van der Waals surface area contributed by atoms with E-state index in [1.165, 1.54) is 27.8 Å². The molecule has 21 heavy (non-hydrogen) atoms. The minimum absolute atomic E-state index is 0.180. The van der Waals surface area contributed by atoms with Crippen molar-refractivity contribution in [3.8, 4) is 0 Å². The normalized spacial score (nSPS) is 12.7. The monoisotopic (exact) mass is 349 g/mol. The molecular formula is C18H24BrNO. The Kier molecular flexibility index (Phi) is 4.95. The van der Waals surface area contributed by atoms with E-state index in [0.29, 0.717) is 0 Å². The Balaban J connectivity index is 2.61. The highest BCUT2D eigenvalue weighted by Crippen LogP contribution is 2.34. The first-order chi connectivity index (χ1) is 9.86. The smallest absolute Gasteiger partial charge is 0.106 e. The molecule has 2 rings (SSSR count). The summed E-state index contributed by atoms with van der Waals surface area (Å²) in [5.74, 6) is 2.02. The van der Waals surface area contributed by atoms with Crippen LogP contribution in [0.25, 0.3) is 0 Å². The van der Waals surface area contributed by atoms with Crippen LogP contribution in [0.15, 0.2) is 21.0 Å². The van der Waals surface area contributed by atoms with Crippen LogP contribution in [0.4, 0.5) is 0 Å². The van der Waals surface area contributed by atoms with Gasteiger partial charge in [0.1, 0.15) is 11.5 Å². The molecule has 0 saturated heterocycles. The molecule has 2 nitrogen and oxygen atoms in total. The van der Waals surface area contributed by atoms with Crippen molar-refractivity contribution in [1.29, 1.82) is 0 Å². The summed E-state index contributed by atoms with van der Waals surface area (Å²) in [5.41, 5.74) is 6.40. The number of halogens is 1. The van der Waals surface area contributed by atoms with E-state index in [9.17, 15) is 0 Å². The number of furan rings is 1. The van der Waals surface area contributed by atoms with Gasteiger partial charge in [0.15, 0.2) is 0 Å². The van der Waals surface area contributed by atoms with Gasteiger partial charge < -0.3 is 9.73 Å². The van der Waals surface area contributed by atoms with Gasteiger partial charge in [0.25, 0.3) is 0 Å². The zero-order chi connectivity index (χ0) is 15.7. The van der Waals surface area contributed by atoms with Crippen LogP contribution in [0.5, 0.6) is 0 Å². The van der Waals surface area contributed by atoms with Crippen molar-refractivity contribution in [2.24, 2.45) is 0 Å². The zero-order valence-electron chi connectivity index (χ0n) is 13.7. The zero-order valence-corrected chi connectivity index (χ0v) is 15.3. The summed E-state index contributed by atoms with van der Waals surface area (Å²) in [6.45, 7) is 13.6. The molecule has 3 heteroatoms. The molecule has 0 aliphatic heterocycles. The molecule has 1 N–H and O–H groups in total. The van der Waals surface area contributed by atoms with Gasteiger partial charge in [-0.25, -0.2) is 0 Å². The third-order valence-electron chi connectivity index (χ3n) is 4.17. The van der Waals surface area contributed by atoms with Crippen molar-refractivity contribution >= 4 is 15.9 Å². The van der Waals surface area contributed by atoms with E-state index in [1.54, 1.807) is 0 Å². The van der Waals surface area contributed by atoms with Crippen molar-refractivity contribution in [3.63, 3.8) is 0 Å². The van der Waals surface area contributed by atoms with Crippen molar-refractivity contribution in [1.82, 2.24) is 5.32 Å². The van der Waals surface area contributed by atoms with E-state index in [0.717, 1.165) is 22.5 Å². The fourth-order valence-corrected chi connectivity index (χ4v) is 3.38. The summed E-state index contributed by atoms with van der Waals surface area (Å²) in [6.07, 6.45) is 0. The van der Waals surface area contributed by atoms with Crippen molar-refractivity contribution in [3.05, 3.63) is 55.9 Å². The van der Waals surface area contributed by atoms with E-state index in [4.69, 9.17) is 4.42 Å². The Morgan fingerprint density at radius 3 is 2.24 bits per heavy atom. The maximum atomic E-state index is 5.84. The largest absolute Gasteiger partial charge is 0.466 e. The quantitative estimate of drug-likeness (QED) is 0.811. The second-order valence-corrected chi connectivity index (χ2v) is 6.56. The lowest BCUT2D eigenvalue weighted by atomic mass is 9.91. The third-order valence-corrected chi connectivity index (χ3v) is 5.03. The van der Waals surface area contributed by atoms with E-state index in [-0.39, 0.29) is 6.04 Å². The lowest BCUT2D eigenvalue weighted by molar-refractivity contribution is 0.494. The minimum atomic E-state index is 0.180. The molecular weight excluding hydrogens is 326 g/mol. The SMILES string of the molecule is CCNC(c1cc(C)c(Br)cc1C)c1c(C)oc(C)c1C. The van der Waals surface area contributed by atoms with Crippen molar-refractivity contribution in [2.75, 3.05) is 6.54 Å². The highest BCUT2D eigenvalue weighted by Gasteiger charge is 2.23. The van der Waals surface area contributed by atoms with Gasteiger partial charge in [-0.1, -0.05) is 28.9 Å². The Labute approximate surface area is 136 Å². The standard InChI is InChI=1S/C18H24BrNO/c1-7-20-18(17-12(4)13(5)21-14(17)6)15-8-11(3)16(19)9-10(15)2/h8-9,18,20H,7H2,1-6H3. The minimum Gasteiger partial charge on any atom is -0.466 e. The fourth-order valence-electron chi connectivity index (χ4n) is 2.92. The summed E-state index contributed by atoms with van der Waals surface area (Å²) in [6, 6.07) is 4.65. The highest BCUT2D eigenvalue weighted by molar-refractivity contribution is 9.10. The first-order valence-electron chi connectivity index (χ1n) is 7.43. The highest BCUT2D eigenvalue weighted by atomic mass is 79.9. The molecule has 0 aliphatic carbocycles. The molecule has 1 atom stereocenters. The van der Waals surface area contributed by atoms with Crippen molar-refractivity contribution < 1.29 is 4.42 Å². The Morgan fingerprint density at radius 1 is 1.05 bits per heavy atom. The molecule has 0 aliphatic rings. The van der Waals surface area contributed by atoms with E-state index >= 15 is 0 Å². The number of hydrogen-bond donors (Lipinski definition) is 1. The van der Waals surface area contributed by atoms with E-state index in [1.807, 2.05) is 6.92 Å². The van der Waals surface area contributed by atoms with Gasteiger partial charge in [-0.2, -0.15) is 0 Å². The van der Waals surface area contributed by atoms with Crippen LogP contribution in [0.2, 0.25) is 0 Å². The van der Waals surface area contributed by atoms with E-state index in [2.05, 4.69) is 68.0 Å². The van der Waals surface area contributed by atoms with Gasteiger partial charge in [-0.15, -0.1) is 0 Å². The topological polar surface area (TPSA) is 25.2 Å². The molecule has 0 bridgehead atoms. The summed E-state index contributed by atoms with van der Waals surface area (Å²) in [4.78, 5) is 0.